The van der Waals surface area contributed by atoms with Gasteiger partial charge in [-0.2, -0.15) is 4.98 Å². The molecule has 6 nitrogen and oxygen atoms in total. The molecule has 106 valence electrons. The molecule has 1 amide bonds. The fourth-order valence-electron chi connectivity index (χ4n) is 1.73. The van der Waals surface area contributed by atoms with E-state index in [1.165, 1.54) is 4.90 Å². The molecule has 0 aliphatic carbocycles. The molecule has 0 unspecified atom stereocenters. The lowest BCUT2D eigenvalue weighted by Crippen LogP contribution is -2.15. The molecule has 2 aromatic rings. The van der Waals surface area contributed by atoms with E-state index in [1.54, 1.807) is 26.1 Å². The van der Waals surface area contributed by atoms with E-state index < -0.39 is 0 Å². The summed E-state index contributed by atoms with van der Waals surface area (Å²) in [6, 6.07) is 5.44. The van der Waals surface area contributed by atoms with E-state index in [0.717, 1.165) is 18.4 Å². The Kier molecular flexibility index (Phi) is 4.34. The maximum absolute atomic E-state index is 11.0. The molecule has 0 atom stereocenters. The van der Waals surface area contributed by atoms with Crippen molar-refractivity contribution in [2.45, 2.75) is 20.3 Å². The Bertz CT molecular complexity index is 595. The lowest BCUT2D eigenvalue weighted by Gasteiger charge is -2.17. The predicted octanol–water partition coefficient (Wildman–Crippen LogP) is 2.43. The summed E-state index contributed by atoms with van der Waals surface area (Å²) in [7, 11) is 1.67. The zero-order chi connectivity index (χ0) is 14.5. The minimum absolute atomic E-state index is 0.421. The van der Waals surface area contributed by atoms with Crippen molar-refractivity contribution in [3.05, 3.63) is 24.0 Å². The van der Waals surface area contributed by atoms with Crippen LogP contribution in [0.1, 0.15) is 19.2 Å². The highest BCUT2D eigenvalue weighted by Gasteiger charge is 2.13. The number of nitrogens with zero attached hydrogens (tertiary/aromatic N) is 3. The maximum atomic E-state index is 11.0. The Labute approximate surface area is 117 Å². The van der Waals surface area contributed by atoms with E-state index in [2.05, 4.69) is 10.1 Å². The topological polar surface area (TPSA) is 68.5 Å². The highest BCUT2D eigenvalue weighted by Crippen LogP contribution is 2.32. The third-order valence-electron chi connectivity index (χ3n) is 2.73. The third kappa shape index (κ3) is 2.96. The lowest BCUT2D eigenvalue weighted by molar-refractivity contribution is -0.107. The van der Waals surface area contributed by atoms with Gasteiger partial charge in [0.1, 0.15) is 5.75 Å². The molecular formula is C14H17N3O3. The maximum Gasteiger partial charge on any atom is 0.257 e. The minimum atomic E-state index is 0.421. The molecule has 1 aromatic carbocycles. The number of benzene rings is 1. The number of amides is 1. The fraction of sp³-hybridized carbons (Fsp3) is 0.357. The van der Waals surface area contributed by atoms with Crippen LogP contribution in [0.4, 0.5) is 5.69 Å². The van der Waals surface area contributed by atoms with Crippen LogP contribution in [0.3, 0.4) is 0 Å². The Morgan fingerprint density at radius 1 is 1.45 bits per heavy atom. The summed E-state index contributed by atoms with van der Waals surface area (Å²) in [5, 5.41) is 3.76. The molecule has 0 aliphatic heterocycles. The Morgan fingerprint density at radius 3 is 2.85 bits per heavy atom. The SMILES string of the molecule is CCCOc1ccc(-c2nc(C)no2)cc1N(C)C=O. The summed E-state index contributed by atoms with van der Waals surface area (Å²) in [5.74, 6) is 1.64. The normalized spacial score (nSPS) is 10.3. The molecule has 0 bridgehead atoms. The van der Waals surface area contributed by atoms with Gasteiger partial charge in [0.15, 0.2) is 5.82 Å². The number of carbonyl (C=O) groups is 1. The van der Waals surface area contributed by atoms with Crippen molar-refractivity contribution in [3.8, 4) is 17.2 Å². The molecule has 0 radical (unpaired) electrons. The second-order valence-electron chi connectivity index (χ2n) is 4.39. The van der Waals surface area contributed by atoms with Crippen LogP contribution < -0.4 is 9.64 Å². The molecule has 0 spiro atoms. The van der Waals surface area contributed by atoms with Crippen molar-refractivity contribution in [2.24, 2.45) is 0 Å². The summed E-state index contributed by atoms with van der Waals surface area (Å²) in [6.07, 6.45) is 1.63. The van der Waals surface area contributed by atoms with E-state index in [-0.39, 0.29) is 0 Å². The zero-order valence-corrected chi connectivity index (χ0v) is 11.8. The van der Waals surface area contributed by atoms with Gasteiger partial charge in [-0.25, -0.2) is 0 Å². The highest BCUT2D eigenvalue weighted by atomic mass is 16.5. The van der Waals surface area contributed by atoms with Crippen molar-refractivity contribution in [1.82, 2.24) is 10.1 Å². The van der Waals surface area contributed by atoms with Gasteiger partial charge in [-0.05, 0) is 31.5 Å². The van der Waals surface area contributed by atoms with E-state index in [1.807, 2.05) is 13.0 Å². The van der Waals surface area contributed by atoms with Gasteiger partial charge in [0, 0.05) is 12.6 Å². The number of anilines is 1. The van der Waals surface area contributed by atoms with Gasteiger partial charge < -0.3 is 14.2 Å². The first kappa shape index (κ1) is 14.0. The van der Waals surface area contributed by atoms with E-state index in [0.29, 0.717) is 29.8 Å². The Morgan fingerprint density at radius 2 is 2.25 bits per heavy atom. The van der Waals surface area contributed by atoms with Crippen molar-refractivity contribution >= 4 is 12.1 Å². The zero-order valence-electron chi connectivity index (χ0n) is 11.8. The number of ether oxygens (including phenoxy) is 1. The number of hydrogen-bond acceptors (Lipinski definition) is 5. The van der Waals surface area contributed by atoms with Gasteiger partial charge in [0.2, 0.25) is 6.41 Å². The van der Waals surface area contributed by atoms with Gasteiger partial charge in [0.05, 0.1) is 12.3 Å². The van der Waals surface area contributed by atoms with Crippen LogP contribution in [0.15, 0.2) is 22.7 Å². The lowest BCUT2D eigenvalue weighted by atomic mass is 10.1. The summed E-state index contributed by atoms with van der Waals surface area (Å²) >= 11 is 0. The number of aryl methyl sites for hydroxylation is 1. The molecule has 1 heterocycles. The molecule has 0 saturated carbocycles. The first-order valence-corrected chi connectivity index (χ1v) is 6.41. The highest BCUT2D eigenvalue weighted by molar-refractivity contribution is 5.80. The van der Waals surface area contributed by atoms with E-state index in [9.17, 15) is 4.79 Å². The second kappa shape index (κ2) is 6.18. The number of hydrogen-bond donors (Lipinski definition) is 0. The van der Waals surface area contributed by atoms with Crippen LogP contribution in [-0.2, 0) is 4.79 Å². The van der Waals surface area contributed by atoms with Crippen molar-refractivity contribution in [3.63, 3.8) is 0 Å². The molecule has 0 aliphatic rings. The molecule has 20 heavy (non-hydrogen) atoms. The van der Waals surface area contributed by atoms with Crippen LogP contribution in [0.25, 0.3) is 11.5 Å². The minimum Gasteiger partial charge on any atom is -0.491 e. The standard InChI is InChI=1S/C14H17N3O3/c1-4-7-19-13-6-5-11(8-12(13)17(3)9-18)14-15-10(2)16-20-14/h5-6,8-9H,4,7H2,1-3H3. The Hall–Kier alpha value is -2.37. The summed E-state index contributed by atoms with van der Waals surface area (Å²) < 4.78 is 10.8. The van der Waals surface area contributed by atoms with Gasteiger partial charge in [-0.1, -0.05) is 12.1 Å². The van der Waals surface area contributed by atoms with Gasteiger partial charge in [-0.3, -0.25) is 4.79 Å². The molecule has 1 aromatic heterocycles. The van der Waals surface area contributed by atoms with E-state index >= 15 is 0 Å². The van der Waals surface area contributed by atoms with Crippen LogP contribution in [0.5, 0.6) is 5.75 Å². The largest absolute Gasteiger partial charge is 0.491 e. The number of rotatable bonds is 6. The number of carbonyl (C=O) groups excluding carboxylic acids is 1. The van der Waals surface area contributed by atoms with Gasteiger partial charge >= 0.3 is 0 Å². The summed E-state index contributed by atoms with van der Waals surface area (Å²) in [4.78, 5) is 16.6. The van der Waals surface area contributed by atoms with Crippen LogP contribution >= 0.6 is 0 Å². The first-order chi connectivity index (χ1) is 9.65. The van der Waals surface area contributed by atoms with Crippen molar-refractivity contribution in [2.75, 3.05) is 18.6 Å². The smallest absolute Gasteiger partial charge is 0.257 e. The summed E-state index contributed by atoms with van der Waals surface area (Å²) in [5.41, 5.74) is 1.42. The molecule has 0 N–H and O–H groups in total. The van der Waals surface area contributed by atoms with Crippen molar-refractivity contribution in [1.29, 1.82) is 0 Å². The Balaban J connectivity index is 2.39. The van der Waals surface area contributed by atoms with Crippen LogP contribution in [-0.4, -0.2) is 30.2 Å². The van der Waals surface area contributed by atoms with E-state index in [4.69, 9.17) is 9.26 Å². The fourth-order valence-corrected chi connectivity index (χ4v) is 1.73. The molecule has 6 heteroatoms. The summed E-state index contributed by atoms with van der Waals surface area (Å²) in [6.45, 7) is 4.38. The average molecular weight is 275 g/mol. The van der Waals surface area contributed by atoms with Crippen LogP contribution in [0.2, 0.25) is 0 Å². The quantitative estimate of drug-likeness (QED) is 0.757. The average Bonchev–Trinajstić information content (AvgIpc) is 2.90. The van der Waals surface area contributed by atoms with Crippen molar-refractivity contribution < 1.29 is 14.1 Å². The molecule has 2 rings (SSSR count). The van der Waals surface area contributed by atoms with Gasteiger partial charge in [-0.15, -0.1) is 0 Å². The first-order valence-electron chi connectivity index (χ1n) is 6.41. The molecular weight excluding hydrogens is 258 g/mol. The molecule has 0 fully saturated rings. The monoisotopic (exact) mass is 275 g/mol. The second-order valence-corrected chi connectivity index (χ2v) is 4.39. The van der Waals surface area contributed by atoms with Gasteiger partial charge in [0.25, 0.3) is 5.89 Å². The van der Waals surface area contributed by atoms with Crippen LogP contribution in [0, 0.1) is 6.92 Å². The third-order valence-corrected chi connectivity index (χ3v) is 2.73. The molecule has 0 saturated heterocycles. The number of aromatic nitrogens is 2. The predicted molar refractivity (Wildman–Crippen MR) is 74.7 cm³/mol.